The maximum absolute atomic E-state index is 12.5. The minimum Gasteiger partial charge on any atom is -0.464 e. The average molecular weight is 370 g/mol. The van der Waals surface area contributed by atoms with E-state index >= 15 is 0 Å². The lowest BCUT2D eigenvalue weighted by Gasteiger charge is -2.05. The van der Waals surface area contributed by atoms with Crippen LogP contribution in [-0.2, 0) is 11.2 Å². The van der Waals surface area contributed by atoms with Crippen LogP contribution in [0, 0.1) is 0 Å². The molecule has 5 nitrogen and oxygen atoms in total. The summed E-state index contributed by atoms with van der Waals surface area (Å²) in [6.45, 7) is 0. The second-order valence-corrected chi connectivity index (χ2v) is 6.53. The van der Waals surface area contributed by atoms with Crippen molar-refractivity contribution >= 4 is 38.7 Å². The highest BCUT2D eigenvalue weighted by atomic mass is 16.5. The van der Waals surface area contributed by atoms with E-state index in [1.165, 1.54) is 12.1 Å². The van der Waals surface area contributed by atoms with Crippen LogP contribution >= 0.6 is 0 Å². The normalized spacial score (nSPS) is 11.3. The lowest BCUT2D eigenvalue weighted by Crippen LogP contribution is -2.11. The van der Waals surface area contributed by atoms with Crippen LogP contribution in [0.25, 0.3) is 32.7 Å². The maximum atomic E-state index is 12.5. The van der Waals surface area contributed by atoms with Gasteiger partial charge in [0.05, 0.1) is 12.7 Å². The number of benzene rings is 3. The number of hydrogen-bond donors (Lipinski definition) is 0. The molecule has 0 radical (unpaired) electrons. The summed E-state index contributed by atoms with van der Waals surface area (Å²) in [5.74, 6) is -0.0993. The summed E-state index contributed by atoms with van der Waals surface area (Å²) >= 11 is 0. The molecular weight excluding hydrogens is 356 g/mol. The van der Waals surface area contributed by atoms with Crippen LogP contribution in [0.4, 0.5) is 0 Å². The zero-order chi connectivity index (χ0) is 19.1. The molecule has 0 amide bonds. The van der Waals surface area contributed by atoms with Gasteiger partial charge in [-0.25, -0.2) is 4.79 Å². The van der Waals surface area contributed by atoms with Crippen molar-refractivity contribution in [2.45, 2.75) is 6.42 Å². The van der Waals surface area contributed by atoms with Gasteiger partial charge in [-0.2, -0.15) is 0 Å². The van der Waals surface area contributed by atoms with Gasteiger partial charge in [-0.05, 0) is 35.0 Å². The van der Waals surface area contributed by atoms with Gasteiger partial charge in [0.2, 0.25) is 0 Å². The molecule has 0 unspecified atom stereocenters. The highest BCUT2D eigenvalue weighted by molar-refractivity contribution is 6.08. The summed E-state index contributed by atoms with van der Waals surface area (Å²) < 4.78 is 16.2. The first-order chi connectivity index (χ1) is 13.7. The zero-order valence-electron chi connectivity index (χ0n) is 14.7. The molecule has 2 heterocycles. The molecule has 0 aliphatic carbocycles. The molecule has 0 saturated carbocycles. The Bertz CT molecular complexity index is 1410. The number of fused-ring (bicyclic) bond motifs is 4. The fraction of sp³-hybridized carbons (Fsp3) is 0.0435. The third-order valence-electron chi connectivity index (χ3n) is 4.70. The van der Waals surface area contributed by atoms with E-state index in [1.807, 2.05) is 36.4 Å². The summed E-state index contributed by atoms with van der Waals surface area (Å²) in [7, 11) is 0. The molecule has 0 saturated heterocycles. The molecular formula is C23H14O5. The van der Waals surface area contributed by atoms with Crippen molar-refractivity contribution in [3.8, 4) is 5.75 Å². The van der Waals surface area contributed by atoms with Gasteiger partial charge < -0.3 is 13.6 Å². The molecule has 3 aromatic carbocycles. The largest absolute Gasteiger partial charge is 0.464 e. The van der Waals surface area contributed by atoms with Crippen LogP contribution in [0.5, 0.6) is 5.75 Å². The highest BCUT2D eigenvalue weighted by Crippen LogP contribution is 2.30. The molecule has 0 spiro atoms. The van der Waals surface area contributed by atoms with Gasteiger partial charge in [0.15, 0.2) is 0 Å². The van der Waals surface area contributed by atoms with E-state index < -0.39 is 11.6 Å². The first kappa shape index (κ1) is 16.3. The second kappa shape index (κ2) is 6.39. The molecule has 0 N–H and O–H groups in total. The lowest BCUT2D eigenvalue weighted by molar-refractivity contribution is -0.133. The van der Waals surface area contributed by atoms with Gasteiger partial charge in [0.25, 0.3) is 0 Å². The summed E-state index contributed by atoms with van der Waals surface area (Å²) in [5.41, 5.74) is 1.42. The molecule has 5 aromatic rings. The van der Waals surface area contributed by atoms with Crippen molar-refractivity contribution in [1.82, 2.24) is 0 Å². The summed E-state index contributed by atoms with van der Waals surface area (Å²) in [5, 5.41) is 3.78. The number of hydrogen-bond acceptors (Lipinski definition) is 5. The topological polar surface area (TPSA) is 69.7 Å². The number of carbonyl (C=O) groups excluding carboxylic acids is 1. The molecule has 0 aliphatic heterocycles. The predicted octanol–water partition coefficient (Wildman–Crippen LogP) is 4.84. The van der Waals surface area contributed by atoms with E-state index in [4.69, 9.17) is 13.6 Å². The van der Waals surface area contributed by atoms with Gasteiger partial charge in [0, 0.05) is 28.5 Å². The number of esters is 1. The minimum absolute atomic E-state index is 0.0672. The number of carbonyl (C=O) groups is 1. The monoisotopic (exact) mass is 370 g/mol. The quantitative estimate of drug-likeness (QED) is 0.258. The van der Waals surface area contributed by atoms with Crippen LogP contribution in [0.2, 0.25) is 0 Å². The summed E-state index contributed by atoms with van der Waals surface area (Å²) in [6, 6.07) is 19.8. The van der Waals surface area contributed by atoms with E-state index in [0.717, 1.165) is 32.7 Å². The molecule has 0 aliphatic rings. The Labute approximate surface area is 158 Å². The number of rotatable bonds is 3. The van der Waals surface area contributed by atoms with Crippen molar-refractivity contribution in [2.24, 2.45) is 0 Å². The number of furan rings is 1. The van der Waals surface area contributed by atoms with E-state index in [-0.39, 0.29) is 6.42 Å². The first-order valence-electron chi connectivity index (χ1n) is 8.80. The standard InChI is InChI=1S/C23H14O5/c24-21-10-7-15-5-8-17(12-20(15)28-21)27-22(25)11-16-13-26-19-9-6-14-3-1-2-4-18(14)23(16)19/h1-10,12-13H,11H2. The second-order valence-electron chi connectivity index (χ2n) is 6.53. The predicted molar refractivity (Wildman–Crippen MR) is 106 cm³/mol. The summed E-state index contributed by atoms with van der Waals surface area (Å²) in [6.07, 6.45) is 1.66. The van der Waals surface area contributed by atoms with E-state index in [2.05, 4.69) is 0 Å². The van der Waals surface area contributed by atoms with Crippen LogP contribution < -0.4 is 10.4 Å². The molecule has 0 fully saturated rings. The molecule has 5 rings (SSSR count). The van der Waals surface area contributed by atoms with Crippen molar-refractivity contribution in [1.29, 1.82) is 0 Å². The van der Waals surface area contributed by atoms with E-state index in [9.17, 15) is 9.59 Å². The number of ether oxygens (including phenoxy) is 1. The molecule has 136 valence electrons. The van der Waals surface area contributed by atoms with Gasteiger partial charge >= 0.3 is 11.6 Å². The SMILES string of the molecule is O=C(Cc1coc2ccc3ccccc3c12)Oc1ccc2ccc(=O)oc2c1. The minimum atomic E-state index is -0.451. The average Bonchev–Trinajstić information content (AvgIpc) is 3.11. The Balaban J connectivity index is 1.46. The Morgan fingerprint density at radius 2 is 1.71 bits per heavy atom. The van der Waals surface area contributed by atoms with E-state index in [1.54, 1.807) is 24.5 Å². The Morgan fingerprint density at radius 1 is 0.893 bits per heavy atom. The third kappa shape index (κ3) is 2.83. The van der Waals surface area contributed by atoms with Crippen molar-refractivity contribution in [3.63, 3.8) is 0 Å². The van der Waals surface area contributed by atoms with Crippen molar-refractivity contribution in [3.05, 3.63) is 89.0 Å². The molecule has 0 bridgehead atoms. The highest BCUT2D eigenvalue weighted by Gasteiger charge is 2.15. The van der Waals surface area contributed by atoms with Gasteiger partial charge in [-0.3, -0.25) is 4.79 Å². The van der Waals surface area contributed by atoms with Gasteiger partial charge in [-0.15, -0.1) is 0 Å². The van der Waals surface area contributed by atoms with Crippen LogP contribution in [0.3, 0.4) is 0 Å². The zero-order valence-corrected chi connectivity index (χ0v) is 14.7. The Kier molecular flexibility index (Phi) is 3.72. The Morgan fingerprint density at radius 3 is 2.64 bits per heavy atom. The van der Waals surface area contributed by atoms with Crippen molar-refractivity contribution < 1.29 is 18.4 Å². The molecule has 28 heavy (non-hydrogen) atoms. The van der Waals surface area contributed by atoms with Crippen LogP contribution in [0.1, 0.15) is 5.56 Å². The first-order valence-corrected chi connectivity index (χ1v) is 8.80. The smallest absolute Gasteiger partial charge is 0.336 e. The third-order valence-corrected chi connectivity index (χ3v) is 4.70. The van der Waals surface area contributed by atoms with Gasteiger partial charge in [0.1, 0.15) is 16.9 Å². The summed E-state index contributed by atoms with van der Waals surface area (Å²) in [4.78, 5) is 23.9. The molecule has 0 atom stereocenters. The van der Waals surface area contributed by atoms with Crippen LogP contribution in [0.15, 0.2) is 86.6 Å². The van der Waals surface area contributed by atoms with Gasteiger partial charge in [-0.1, -0.05) is 30.3 Å². The molecule has 2 aromatic heterocycles. The molecule has 5 heteroatoms. The van der Waals surface area contributed by atoms with E-state index in [0.29, 0.717) is 11.3 Å². The Hall–Kier alpha value is -3.86. The maximum Gasteiger partial charge on any atom is 0.336 e. The lowest BCUT2D eigenvalue weighted by atomic mass is 10.0. The van der Waals surface area contributed by atoms with Crippen molar-refractivity contribution in [2.75, 3.05) is 0 Å². The fourth-order valence-electron chi connectivity index (χ4n) is 3.43. The van der Waals surface area contributed by atoms with Crippen LogP contribution in [-0.4, -0.2) is 5.97 Å². The fourth-order valence-corrected chi connectivity index (χ4v) is 3.43.